The molecule has 0 radical (unpaired) electrons. The maximum absolute atomic E-state index is 13.1. The number of para-hydroxylation sites is 1. The number of halogens is 1. The zero-order chi connectivity index (χ0) is 20.5. The SMILES string of the molecule is Cc1ccccc1N1C(=O)C(=O)C(=C(O)c2ccc(Cl)cc2)[C@@H]1c1ccccc1. The Morgan fingerprint density at radius 3 is 2.17 bits per heavy atom. The predicted molar refractivity (Wildman–Crippen MR) is 114 cm³/mol. The summed E-state index contributed by atoms with van der Waals surface area (Å²) < 4.78 is 0. The lowest BCUT2D eigenvalue weighted by Gasteiger charge is -2.26. The number of amides is 1. The molecule has 4 nitrogen and oxygen atoms in total. The minimum absolute atomic E-state index is 0.0618. The Hall–Kier alpha value is -3.37. The zero-order valence-corrected chi connectivity index (χ0v) is 16.4. The predicted octanol–water partition coefficient (Wildman–Crippen LogP) is 5.27. The number of ketones is 1. The number of rotatable bonds is 3. The molecule has 0 bridgehead atoms. The topological polar surface area (TPSA) is 57.6 Å². The van der Waals surface area contributed by atoms with Crippen molar-refractivity contribution in [3.63, 3.8) is 0 Å². The quantitative estimate of drug-likeness (QED) is 0.368. The molecule has 0 unspecified atom stereocenters. The van der Waals surface area contributed by atoms with E-state index < -0.39 is 17.7 Å². The number of benzene rings is 3. The van der Waals surface area contributed by atoms with E-state index in [1.165, 1.54) is 4.90 Å². The van der Waals surface area contributed by atoms with Crippen LogP contribution in [0.3, 0.4) is 0 Å². The van der Waals surface area contributed by atoms with E-state index in [1.807, 2.05) is 55.5 Å². The Labute approximate surface area is 173 Å². The lowest BCUT2D eigenvalue weighted by atomic mass is 9.95. The first-order chi connectivity index (χ1) is 14.0. The molecule has 0 spiro atoms. The van der Waals surface area contributed by atoms with Gasteiger partial charge in [0.1, 0.15) is 5.76 Å². The molecule has 1 N–H and O–H groups in total. The van der Waals surface area contributed by atoms with Crippen LogP contribution >= 0.6 is 11.6 Å². The number of carbonyl (C=O) groups excluding carboxylic acids is 2. The number of nitrogens with zero attached hydrogens (tertiary/aromatic N) is 1. The fraction of sp³-hybridized carbons (Fsp3) is 0.0833. The van der Waals surface area contributed by atoms with Crippen LogP contribution in [0.25, 0.3) is 5.76 Å². The molecule has 0 saturated carbocycles. The summed E-state index contributed by atoms with van der Waals surface area (Å²) in [4.78, 5) is 27.5. The van der Waals surface area contributed by atoms with Crippen molar-refractivity contribution in [2.75, 3.05) is 4.90 Å². The first-order valence-electron chi connectivity index (χ1n) is 9.16. The number of anilines is 1. The number of carbonyl (C=O) groups is 2. The van der Waals surface area contributed by atoms with E-state index in [-0.39, 0.29) is 11.3 Å². The number of aliphatic hydroxyl groups excluding tert-OH is 1. The average molecular weight is 404 g/mol. The van der Waals surface area contributed by atoms with E-state index in [0.29, 0.717) is 16.3 Å². The van der Waals surface area contributed by atoms with Gasteiger partial charge in [-0.2, -0.15) is 0 Å². The van der Waals surface area contributed by atoms with Gasteiger partial charge < -0.3 is 5.11 Å². The van der Waals surface area contributed by atoms with Crippen LogP contribution in [0, 0.1) is 6.92 Å². The molecular weight excluding hydrogens is 386 g/mol. The van der Waals surface area contributed by atoms with E-state index in [9.17, 15) is 14.7 Å². The highest BCUT2D eigenvalue weighted by molar-refractivity contribution is 6.51. The molecule has 1 atom stereocenters. The third-order valence-electron chi connectivity index (χ3n) is 5.05. The molecule has 3 aromatic carbocycles. The maximum Gasteiger partial charge on any atom is 0.300 e. The van der Waals surface area contributed by atoms with Gasteiger partial charge >= 0.3 is 0 Å². The van der Waals surface area contributed by atoms with Gasteiger partial charge in [-0.05, 0) is 48.4 Å². The molecule has 1 aliphatic rings. The van der Waals surface area contributed by atoms with E-state index in [2.05, 4.69) is 0 Å². The minimum Gasteiger partial charge on any atom is -0.507 e. The Morgan fingerprint density at radius 2 is 1.52 bits per heavy atom. The van der Waals surface area contributed by atoms with Crippen molar-refractivity contribution in [3.05, 3.63) is 106 Å². The number of Topliss-reactive ketones (excluding diaryl/α,β-unsaturated/α-hetero) is 1. The summed E-state index contributed by atoms with van der Waals surface area (Å²) in [5, 5.41) is 11.5. The monoisotopic (exact) mass is 403 g/mol. The molecule has 0 aromatic heterocycles. The minimum atomic E-state index is -0.729. The van der Waals surface area contributed by atoms with Crippen molar-refractivity contribution in [2.24, 2.45) is 0 Å². The zero-order valence-electron chi connectivity index (χ0n) is 15.7. The van der Waals surface area contributed by atoms with Gasteiger partial charge in [-0.15, -0.1) is 0 Å². The molecular formula is C24H18ClNO3. The first kappa shape index (κ1) is 19.0. The molecule has 144 valence electrons. The molecule has 1 aliphatic heterocycles. The summed E-state index contributed by atoms with van der Waals surface area (Å²) in [6.45, 7) is 1.88. The van der Waals surface area contributed by atoms with Crippen LogP contribution in [0.5, 0.6) is 0 Å². The first-order valence-corrected chi connectivity index (χ1v) is 9.54. The highest BCUT2D eigenvalue weighted by atomic mass is 35.5. The summed E-state index contributed by atoms with van der Waals surface area (Å²) in [6.07, 6.45) is 0. The van der Waals surface area contributed by atoms with Gasteiger partial charge in [-0.3, -0.25) is 14.5 Å². The van der Waals surface area contributed by atoms with E-state index in [1.54, 1.807) is 30.3 Å². The molecule has 3 aromatic rings. The molecule has 5 heteroatoms. The molecule has 0 aliphatic carbocycles. The third-order valence-corrected chi connectivity index (χ3v) is 5.30. The summed E-state index contributed by atoms with van der Waals surface area (Å²) in [7, 11) is 0. The van der Waals surface area contributed by atoms with Gasteiger partial charge in [0.05, 0.1) is 11.6 Å². The smallest absolute Gasteiger partial charge is 0.300 e. The fourth-order valence-electron chi connectivity index (χ4n) is 3.63. The van der Waals surface area contributed by atoms with Gasteiger partial charge in [0.25, 0.3) is 11.7 Å². The normalized spacial score (nSPS) is 18.3. The Morgan fingerprint density at radius 1 is 0.897 bits per heavy atom. The number of aliphatic hydroxyl groups is 1. The summed E-state index contributed by atoms with van der Waals surface area (Å²) in [6, 6.07) is 22.4. The standard InChI is InChI=1S/C24H18ClNO3/c1-15-7-5-6-10-19(15)26-21(16-8-3-2-4-9-16)20(23(28)24(26)29)22(27)17-11-13-18(25)14-12-17/h2-14,21,27H,1H3/t21-/m0/s1. The van der Waals surface area contributed by atoms with Crippen LogP contribution in [-0.2, 0) is 9.59 Å². The molecule has 1 saturated heterocycles. The highest BCUT2D eigenvalue weighted by Crippen LogP contribution is 2.42. The summed E-state index contributed by atoms with van der Waals surface area (Å²) in [5.41, 5.74) is 2.73. The fourth-order valence-corrected chi connectivity index (χ4v) is 3.75. The van der Waals surface area contributed by atoms with Gasteiger partial charge in [0.2, 0.25) is 0 Å². The largest absolute Gasteiger partial charge is 0.507 e. The van der Waals surface area contributed by atoms with E-state index in [4.69, 9.17) is 11.6 Å². The molecule has 1 heterocycles. The second-order valence-corrected chi connectivity index (χ2v) is 7.31. The van der Waals surface area contributed by atoms with Crippen molar-refractivity contribution < 1.29 is 14.7 Å². The van der Waals surface area contributed by atoms with Crippen molar-refractivity contribution in [1.29, 1.82) is 0 Å². The van der Waals surface area contributed by atoms with Crippen LogP contribution in [0.4, 0.5) is 5.69 Å². The second kappa shape index (κ2) is 7.57. The third kappa shape index (κ3) is 3.32. The van der Waals surface area contributed by atoms with Gasteiger partial charge in [0.15, 0.2) is 0 Å². The van der Waals surface area contributed by atoms with E-state index >= 15 is 0 Å². The molecule has 4 rings (SSSR count). The molecule has 1 amide bonds. The average Bonchev–Trinajstić information content (AvgIpc) is 3.00. The van der Waals surface area contributed by atoms with Crippen molar-refractivity contribution >= 4 is 34.7 Å². The lowest BCUT2D eigenvalue weighted by Crippen LogP contribution is -2.30. The van der Waals surface area contributed by atoms with Gasteiger partial charge in [-0.25, -0.2) is 0 Å². The van der Waals surface area contributed by atoms with Gasteiger partial charge in [0, 0.05) is 16.3 Å². The van der Waals surface area contributed by atoms with E-state index in [0.717, 1.165) is 11.1 Å². The van der Waals surface area contributed by atoms with Crippen LogP contribution in [0.2, 0.25) is 5.02 Å². The van der Waals surface area contributed by atoms with Crippen LogP contribution in [-0.4, -0.2) is 16.8 Å². The van der Waals surface area contributed by atoms with Crippen LogP contribution < -0.4 is 4.90 Å². The Bertz CT molecular complexity index is 1120. The summed E-state index contributed by atoms with van der Waals surface area (Å²) >= 11 is 5.95. The Kier molecular flexibility index (Phi) is 4.95. The number of hydrogen-bond acceptors (Lipinski definition) is 3. The summed E-state index contributed by atoms with van der Waals surface area (Å²) in [5.74, 6) is -1.59. The number of aryl methyl sites for hydroxylation is 1. The second-order valence-electron chi connectivity index (χ2n) is 6.87. The van der Waals surface area contributed by atoms with Gasteiger partial charge in [-0.1, -0.05) is 60.1 Å². The van der Waals surface area contributed by atoms with Crippen molar-refractivity contribution in [3.8, 4) is 0 Å². The number of hydrogen-bond donors (Lipinski definition) is 1. The molecule has 1 fully saturated rings. The Balaban J connectivity index is 1.96. The highest BCUT2D eigenvalue weighted by Gasteiger charge is 2.47. The maximum atomic E-state index is 13.1. The lowest BCUT2D eigenvalue weighted by molar-refractivity contribution is -0.132. The molecule has 29 heavy (non-hydrogen) atoms. The van der Waals surface area contributed by atoms with Crippen molar-refractivity contribution in [2.45, 2.75) is 13.0 Å². The van der Waals surface area contributed by atoms with Crippen LogP contribution in [0.1, 0.15) is 22.7 Å². The van der Waals surface area contributed by atoms with Crippen molar-refractivity contribution in [1.82, 2.24) is 0 Å². The van der Waals surface area contributed by atoms with Crippen LogP contribution in [0.15, 0.2) is 84.4 Å².